The predicted molar refractivity (Wildman–Crippen MR) is 59.4 cm³/mol. The third-order valence-corrected chi connectivity index (χ3v) is 2.41. The molecule has 0 aliphatic carbocycles. The van der Waals surface area contributed by atoms with Gasteiger partial charge in [0.05, 0.1) is 6.26 Å². The van der Waals surface area contributed by atoms with E-state index < -0.39 is 0 Å². The maximum atomic E-state index is 5.54. The van der Waals surface area contributed by atoms with Crippen molar-refractivity contribution >= 4 is 10.8 Å². The topological polar surface area (TPSA) is 26.0 Å². The molecule has 3 rings (SSSR count). The highest BCUT2D eigenvalue weighted by Gasteiger charge is 2.07. The summed E-state index contributed by atoms with van der Waals surface area (Å²) in [6.07, 6.45) is 3.53. The Hall–Kier alpha value is -2.09. The van der Waals surface area contributed by atoms with E-state index in [0.717, 1.165) is 22.2 Å². The van der Waals surface area contributed by atoms with Crippen LogP contribution in [0.3, 0.4) is 0 Å². The highest BCUT2D eigenvalue weighted by Crippen LogP contribution is 2.28. The average molecular weight is 195 g/mol. The molecule has 15 heavy (non-hydrogen) atoms. The Kier molecular flexibility index (Phi) is 1.78. The van der Waals surface area contributed by atoms with Gasteiger partial charge < -0.3 is 4.42 Å². The van der Waals surface area contributed by atoms with E-state index in [-0.39, 0.29) is 0 Å². The number of rotatable bonds is 1. The van der Waals surface area contributed by atoms with E-state index >= 15 is 0 Å². The quantitative estimate of drug-likeness (QED) is 0.594. The van der Waals surface area contributed by atoms with Crippen LogP contribution in [-0.4, -0.2) is 4.98 Å². The summed E-state index contributed by atoms with van der Waals surface area (Å²) in [6, 6.07) is 13.9. The van der Waals surface area contributed by atoms with Crippen molar-refractivity contribution in [2.45, 2.75) is 0 Å². The zero-order valence-electron chi connectivity index (χ0n) is 8.05. The van der Waals surface area contributed by atoms with Crippen LogP contribution in [0.2, 0.25) is 0 Å². The Morgan fingerprint density at radius 3 is 2.67 bits per heavy atom. The molecule has 2 heteroatoms. The van der Waals surface area contributed by atoms with Crippen LogP contribution in [0.1, 0.15) is 0 Å². The van der Waals surface area contributed by atoms with Crippen molar-refractivity contribution in [1.29, 1.82) is 0 Å². The minimum absolute atomic E-state index is 0.839. The maximum Gasteiger partial charge on any atom is 0.160 e. The number of hydrogen-bond donors (Lipinski definition) is 0. The van der Waals surface area contributed by atoms with E-state index in [1.807, 2.05) is 42.5 Å². The van der Waals surface area contributed by atoms with Crippen molar-refractivity contribution in [2.75, 3.05) is 0 Å². The molecule has 0 saturated carbocycles. The van der Waals surface area contributed by atoms with Crippen LogP contribution >= 0.6 is 0 Å². The van der Waals surface area contributed by atoms with Crippen molar-refractivity contribution in [3.05, 3.63) is 54.9 Å². The third kappa shape index (κ3) is 1.31. The number of furan rings is 1. The Morgan fingerprint density at radius 2 is 1.80 bits per heavy atom. The van der Waals surface area contributed by atoms with Crippen molar-refractivity contribution in [1.82, 2.24) is 4.98 Å². The van der Waals surface area contributed by atoms with Crippen LogP contribution in [0.25, 0.3) is 22.2 Å². The first kappa shape index (κ1) is 8.24. The Balaban J connectivity index is 2.28. The highest BCUT2D eigenvalue weighted by molar-refractivity contribution is 5.93. The average Bonchev–Trinajstić information content (AvgIpc) is 2.74. The normalized spacial score (nSPS) is 10.7. The van der Waals surface area contributed by atoms with Gasteiger partial charge in [0.1, 0.15) is 5.69 Å². The lowest BCUT2D eigenvalue weighted by Crippen LogP contribution is -1.78. The summed E-state index contributed by atoms with van der Waals surface area (Å²) in [4.78, 5) is 4.28. The number of fused-ring (bicyclic) bond motifs is 1. The molecule has 3 aromatic rings. The van der Waals surface area contributed by atoms with E-state index in [1.165, 1.54) is 0 Å². The Labute approximate surface area is 87.2 Å². The molecule has 2 aromatic heterocycles. The summed E-state index contributed by atoms with van der Waals surface area (Å²) < 4.78 is 5.54. The summed E-state index contributed by atoms with van der Waals surface area (Å²) in [7, 11) is 0. The summed E-state index contributed by atoms with van der Waals surface area (Å²) in [6.45, 7) is 0. The number of aromatic nitrogens is 1. The van der Waals surface area contributed by atoms with Gasteiger partial charge in [0, 0.05) is 17.0 Å². The molecule has 1 aromatic carbocycles. The van der Waals surface area contributed by atoms with Gasteiger partial charge in [-0.1, -0.05) is 30.3 Å². The molecule has 0 N–H and O–H groups in total. The first-order chi connectivity index (χ1) is 7.45. The fraction of sp³-hybridized carbons (Fsp3) is 0. The second kappa shape index (κ2) is 3.24. The minimum atomic E-state index is 0.839. The largest absolute Gasteiger partial charge is 0.461 e. The van der Waals surface area contributed by atoms with Crippen LogP contribution in [-0.2, 0) is 0 Å². The molecule has 2 heterocycles. The van der Waals surface area contributed by atoms with Crippen LogP contribution in [0.4, 0.5) is 0 Å². The first-order valence-corrected chi connectivity index (χ1v) is 4.83. The zero-order valence-corrected chi connectivity index (χ0v) is 8.05. The van der Waals surface area contributed by atoms with Crippen molar-refractivity contribution in [3.8, 4) is 11.5 Å². The number of nitrogens with zero attached hydrogens (tertiary/aromatic N) is 1. The molecule has 0 aliphatic rings. The number of pyridine rings is 1. The highest BCUT2D eigenvalue weighted by atomic mass is 16.3. The van der Waals surface area contributed by atoms with E-state index in [9.17, 15) is 0 Å². The lowest BCUT2D eigenvalue weighted by atomic mass is 10.1. The monoisotopic (exact) mass is 195 g/mol. The molecule has 0 radical (unpaired) electrons. The van der Waals surface area contributed by atoms with Crippen molar-refractivity contribution in [2.24, 2.45) is 0 Å². The Morgan fingerprint density at radius 1 is 0.933 bits per heavy atom. The van der Waals surface area contributed by atoms with Gasteiger partial charge in [-0.25, -0.2) is 0 Å². The molecule has 72 valence electrons. The molecule has 0 aliphatic heterocycles. The molecule has 0 unspecified atom stereocenters. The molecular weight excluding hydrogens is 186 g/mol. The molecule has 2 nitrogen and oxygen atoms in total. The lowest BCUT2D eigenvalue weighted by Gasteiger charge is -1.95. The second-order valence-corrected chi connectivity index (χ2v) is 3.37. The summed E-state index contributed by atoms with van der Waals surface area (Å²) in [5.74, 6) is 0.839. The van der Waals surface area contributed by atoms with Crippen molar-refractivity contribution in [3.63, 3.8) is 0 Å². The van der Waals surface area contributed by atoms with Crippen LogP contribution in [0.5, 0.6) is 0 Å². The number of hydrogen-bond acceptors (Lipinski definition) is 2. The lowest BCUT2D eigenvalue weighted by molar-refractivity contribution is 0.585. The van der Waals surface area contributed by atoms with Gasteiger partial charge in [0.25, 0.3) is 0 Å². The first-order valence-electron chi connectivity index (χ1n) is 4.83. The zero-order chi connectivity index (χ0) is 10.1. The van der Waals surface area contributed by atoms with Gasteiger partial charge in [-0.3, -0.25) is 4.98 Å². The molecule has 0 amide bonds. The van der Waals surface area contributed by atoms with Gasteiger partial charge in [0.2, 0.25) is 0 Å². The summed E-state index contributed by atoms with van der Waals surface area (Å²) in [5, 5.41) is 2.22. The smallest absolute Gasteiger partial charge is 0.160 e. The van der Waals surface area contributed by atoms with Crippen molar-refractivity contribution < 1.29 is 4.42 Å². The number of benzene rings is 1. The standard InChI is InChI=1S/C13H9NO/c1-2-6-11-10(5-1)9-15-13(11)12-7-3-4-8-14-12/h1-9H. The molecule has 0 fully saturated rings. The maximum absolute atomic E-state index is 5.54. The second-order valence-electron chi connectivity index (χ2n) is 3.37. The van der Waals surface area contributed by atoms with Gasteiger partial charge >= 0.3 is 0 Å². The summed E-state index contributed by atoms with van der Waals surface area (Å²) in [5.41, 5.74) is 0.874. The SMILES string of the molecule is c1ccc(-c2occ3ccccc23)nc1. The molecule has 0 bridgehead atoms. The summed E-state index contributed by atoms with van der Waals surface area (Å²) >= 11 is 0. The predicted octanol–water partition coefficient (Wildman–Crippen LogP) is 3.49. The van der Waals surface area contributed by atoms with E-state index in [4.69, 9.17) is 4.42 Å². The molecular formula is C13H9NO. The minimum Gasteiger partial charge on any atom is -0.461 e. The fourth-order valence-electron chi connectivity index (χ4n) is 1.69. The Bertz CT molecular complexity index is 584. The molecule has 0 atom stereocenters. The fourth-order valence-corrected chi connectivity index (χ4v) is 1.69. The van der Waals surface area contributed by atoms with E-state index in [1.54, 1.807) is 12.5 Å². The van der Waals surface area contributed by atoms with Gasteiger partial charge in [-0.15, -0.1) is 0 Å². The van der Waals surface area contributed by atoms with Gasteiger partial charge in [-0.2, -0.15) is 0 Å². The third-order valence-electron chi connectivity index (χ3n) is 2.41. The van der Waals surface area contributed by atoms with E-state index in [0.29, 0.717) is 0 Å². The van der Waals surface area contributed by atoms with Gasteiger partial charge in [-0.05, 0) is 12.1 Å². The molecule has 0 saturated heterocycles. The van der Waals surface area contributed by atoms with Crippen LogP contribution < -0.4 is 0 Å². The van der Waals surface area contributed by atoms with Gasteiger partial charge in [0.15, 0.2) is 5.76 Å². The molecule has 0 spiro atoms. The van der Waals surface area contributed by atoms with E-state index in [2.05, 4.69) is 4.98 Å². The van der Waals surface area contributed by atoms with Crippen LogP contribution in [0.15, 0.2) is 59.3 Å². The van der Waals surface area contributed by atoms with Crippen LogP contribution in [0, 0.1) is 0 Å².